The first-order chi connectivity index (χ1) is 5.69. The molecule has 0 aromatic carbocycles. The van der Waals surface area contributed by atoms with Gasteiger partial charge in [-0.05, 0) is 19.8 Å². The Morgan fingerprint density at radius 1 is 1.42 bits per heavy atom. The van der Waals surface area contributed by atoms with Crippen LogP contribution in [0.3, 0.4) is 0 Å². The highest BCUT2D eigenvalue weighted by atomic mass is 35.5. The molecule has 0 radical (unpaired) electrons. The second-order valence-electron chi connectivity index (χ2n) is 3.66. The summed E-state index contributed by atoms with van der Waals surface area (Å²) in [6, 6.07) is -0.0194. The van der Waals surface area contributed by atoms with Crippen LogP contribution in [-0.4, -0.2) is 12.0 Å². The van der Waals surface area contributed by atoms with Crippen LogP contribution >= 0.6 is 11.6 Å². The first-order valence-electron chi connectivity index (χ1n) is 4.42. The molecule has 0 N–H and O–H groups in total. The lowest BCUT2D eigenvalue weighted by Gasteiger charge is -2.30. The molecule has 0 aliphatic heterocycles. The average molecular weight is 191 g/mol. The number of halogens is 1. The number of hydrogen-bond donors (Lipinski definition) is 0. The molecule has 0 saturated heterocycles. The highest BCUT2D eigenvalue weighted by Gasteiger charge is 2.35. The zero-order chi connectivity index (χ0) is 9.03. The van der Waals surface area contributed by atoms with Crippen molar-refractivity contribution >= 4 is 17.6 Å². The number of carbonyl (C=O) groups excluding carboxylic acids is 1. The molecule has 1 fully saturated rings. The van der Waals surface area contributed by atoms with E-state index in [0.717, 1.165) is 25.7 Å². The molecule has 0 aromatic rings. The van der Waals surface area contributed by atoms with Gasteiger partial charge < -0.3 is 4.74 Å². The second kappa shape index (κ2) is 4.13. The number of esters is 1. The molecule has 1 aliphatic carbocycles. The van der Waals surface area contributed by atoms with Crippen molar-refractivity contribution in [3.05, 3.63) is 0 Å². The van der Waals surface area contributed by atoms with E-state index in [9.17, 15) is 4.79 Å². The second-order valence-corrected chi connectivity index (χ2v) is 3.88. The van der Waals surface area contributed by atoms with E-state index in [4.69, 9.17) is 16.3 Å². The van der Waals surface area contributed by atoms with Gasteiger partial charge in [-0.1, -0.05) is 30.9 Å². The summed E-state index contributed by atoms with van der Waals surface area (Å²) in [5, 5.41) is 0. The van der Waals surface area contributed by atoms with Gasteiger partial charge >= 0.3 is 5.97 Å². The van der Waals surface area contributed by atoms with Crippen molar-refractivity contribution in [2.45, 2.75) is 39.0 Å². The van der Waals surface area contributed by atoms with E-state index in [1.807, 2.05) is 6.92 Å². The number of alkyl halides is 1. The molecule has 1 rings (SSSR count). The summed E-state index contributed by atoms with van der Waals surface area (Å²) in [4.78, 5) is 11.4. The maximum atomic E-state index is 11.4. The Hall–Kier alpha value is -0.240. The van der Waals surface area contributed by atoms with Crippen LogP contribution in [-0.2, 0) is 9.53 Å². The Bertz CT molecular complexity index is 162. The summed E-state index contributed by atoms with van der Waals surface area (Å²) in [5.74, 6) is -0.128. The molecule has 0 spiro atoms. The number of rotatable bonds is 2. The zero-order valence-electron chi connectivity index (χ0n) is 7.44. The molecule has 0 heterocycles. The van der Waals surface area contributed by atoms with Crippen LogP contribution in [0, 0.1) is 5.41 Å². The Labute approximate surface area is 78.2 Å². The molecule has 1 saturated carbocycles. The third-order valence-electron chi connectivity index (χ3n) is 2.64. The highest BCUT2D eigenvalue weighted by molar-refractivity contribution is 6.17. The van der Waals surface area contributed by atoms with Gasteiger partial charge in [-0.15, -0.1) is 0 Å². The third kappa shape index (κ3) is 2.13. The van der Waals surface area contributed by atoms with E-state index in [2.05, 4.69) is 0 Å². The lowest BCUT2D eigenvalue weighted by atomic mass is 9.76. The lowest BCUT2D eigenvalue weighted by Crippen LogP contribution is -2.31. The minimum atomic E-state index is -0.257. The molecule has 2 nitrogen and oxygen atoms in total. The van der Waals surface area contributed by atoms with E-state index in [1.54, 1.807) is 0 Å². The fraction of sp³-hybridized carbons (Fsp3) is 0.889. The van der Waals surface area contributed by atoms with Crippen molar-refractivity contribution in [1.29, 1.82) is 0 Å². The van der Waals surface area contributed by atoms with Gasteiger partial charge in [0.2, 0.25) is 0 Å². The van der Waals surface area contributed by atoms with Crippen molar-refractivity contribution in [3.63, 3.8) is 0 Å². The quantitative estimate of drug-likeness (QED) is 0.495. The van der Waals surface area contributed by atoms with Gasteiger partial charge in [0.15, 0.2) is 6.07 Å². The largest absolute Gasteiger partial charge is 0.449 e. The highest BCUT2D eigenvalue weighted by Crippen LogP contribution is 2.36. The van der Waals surface area contributed by atoms with Gasteiger partial charge in [-0.2, -0.15) is 0 Å². The summed E-state index contributed by atoms with van der Waals surface area (Å²) in [7, 11) is 0. The van der Waals surface area contributed by atoms with Gasteiger partial charge in [0.1, 0.15) is 0 Å². The summed E-state index contributed by atoms with van der Waals surface area (Å²) in [6.07, 6.45) is 5.40. The van der Waals surface area contributed by atoms with Crippen LogP contribution in [0.25, 0.3) is 0 Å². The summed E-state index contributed by atoms with van der Waals surface area (Å²) >= 11 is 5.33. The molecule has 70 valence electrons. The van der Waals surface area contributed by atoms with E-state index in [0.29, 0.717) is 0 Å². The molecular weight excluding hydrogens is 176 g/mol. The molecule has 12 heavy (non-hydrogen) atoms. The topological polar surface area (TPSA) is 26.3 Å². The Kier molecular flexibility index (Phi) is 3.39. The van der Waals surface area contributed by atoms with E-state index in [-0.39, 0.29) is 17.5 Å². The first-order valence-corrected chi connectivity index (χ1v) is 4.96. The standard InChI is InChI=1S/C9H15ClO2/c1-9(8(11)12-7-10)5-3-2-4-6-9/h2-7H2,1H3. The minimum absolute atomic E-state index is 0.0194. The average Bonchev–Trinajstić information content (AvgIpc) is 2.06. The van der Waals surface area contributed by atoms with Crippen molar-refractivity contribution in [3.8, 4) is 0 Å². The van der Waals surface area contributed by atoms with E-state index >= 15 is 0 Å². The van der Waals surface area contributed by atoms with Gasteiger partial charge in [-0.25, -0.2) is 0 Å². The monoisotopic (exact) mass is 190 g/mol. The van der Waals surface area contributed by atoms with Crippen molar-refractivity contribution in [2.24, 2.45) is 5.41 Å². The van der Waals surface area contributed by atoms with Crippen LogP contribution in [0.4, 0.5) is 0 Å². The Morgan fingerprint density at radius 2 is 2.00 bits per heavy atom. The molecule has 0 unspecified atom stereocenters. The normalized spacial score (nSPS) is 21.8. The summed E-state index contributed by atoms with van der Waals surface area (Å²) in [5.41, 5.74) is -0.257. The molecule has 0 amide bonds. The number of ether oxygens (including phenoxy) is 1. The molecule has 0 aromatic heterocycles. The molecular formula is C9H15ClO2. The SMILES string of the molecule is CC1(C(=O)OCCl)CCCCC1. The maximum Gasteiger partial charge on any atom is 0.312 e. The Morgan fingerprint density at radius 3 is 2.50 bits per heavy atom. The van der Waals surface area contributed by atoms with Gasteiger partial charge in [0.25, 0.3) is 0 Å². The van der Waals surface area contributed by atoms with Crippen LogP contribution in [0.1, 0.15) is 39.0 Å². The third-order valence-corrected chi connectivity index (χ3v) is 2.74. The van der Waals surface area contributed by atoms with Gasteiger partial charge in [-0.3, -0.25) is 4.79 Å². The van der Waals surface area contributed by atoms with Crippen molar-refractivity contribution in [2.75, 3.05) is 6.07 Å². The van der Waals surface area contributed by atoms with Crippen molar-refractivity contribution in [1.82, 2.24) is 0 Å². The predicted octanol–water partition coefficient (Wildman–Crippen LogP) is 2.70. The summed E-state index contributed by atoms with van der Waals surface area (Å²) < 4.78 is 4.81. The summed E-state index contributed by atoms with van der Waals surface area (Å²) in [6.45, 7) is 1.97. The predicted molar refractivity (Wildman–Crippen MR) is 48.0 cm³/mol. The van der Waals surface area contributed by atoms with E-state index in [1.165, 1.54) is 6.42 Å². The van der Waals surface area contributed by atoms with Gasteiger partial charge in [0.05, 0.1) is 5.41 Å². The number of carbonyl (C=O) groups is 1. The molecule has 1 aliphatic rings. The lowest BCUT2D eigenvalue weighted by molar-refractivity contribution is -0.154. The number of hydrogen-bond acceptors (Lipinski definition) is 2. The van der Waals surface area contributed by atoms with Crippen LogP contribution in [0.5, 0.6) is 0 Å². The zero-order valence-corrected chi connectivity index (χ0v) is 8.19. The van der Waals surface area contributed by atoms with Crippen molar-refractivity contribution < 1.29 is 9.53 Å². The minimum Gasteiger partial charge on any atom is -0.449 e. The first kappa shape index (κ1) is 9.85. The molecule has 0 bridgehead atoms. The smallest absolute Gasteiger partial charge is 0.312 e. The fourth-order valence-corrected chi connectivity index (χ4v) is 1.86. The van der Waals surface area contributed by atoms with Crippen LogP contribution in [0.2, 0.25) is 0 Å². The van der Waals surface area contributed by atoms with Gasteiger partial charge in [0, 0.05) is 0 Å². The van der Waals surface area contributed by atoms with E-state index < -0.39 is 0 Å². The molecule has 3 heteroatoms. The fourth-order valence-electron chi connectivity index (χ4n) is 1.76. The molecule has 0 atom stereocenters. The Balaban J connectivity index is 2.50. The van der Waals surface area contributed by atoms with Crippen LogP contribution in [0.15, 0.2) is 0 Å². The maximum absolute atomic E-state index is 11.4. The van der Waals surface area contributed by atoms with Crippen LogP contribution < -0.4 is 0 Å².